The first-order chi connectivity index (χ1) is 15.4. The number of allylic oxidation sites excluding steroid dienone is 1. The summed E-state index contributed by atoms with van der Waals surface area (Å²) in [6, 6.07) is 9.96. The molecule has 0 spiro atoms. The lowest BCUT2D eigenvalue weighted by Gasteiger charge is -2.24. The van der Waals surface area contributed by atoms with Crippen LogP contribution in [0.3, 0.4) is 0 Å². The molecule has 7 nitrogen and oxygen atoms in total. The average Bonchev–Trinajstić information content (AvgIpc) is 3.54. The number of hydrogen-bond donors (Lipinski definition) is 0. The highest BCUT2D eigenvalue weighted by molar-refractivity contribution is 6.17. The van der Waals surface area contributed by atoms with Crippen molar-refractivity contribution < 1.29 is 22.8 Å². The van der Waals surface area contributed by atoms with Crippen LogP contribution in [0.1, 0.15) is 24.4 Å². The number of nitrogens with zero attached hydrogens (tertiary/aromatic N) is 4. The van der Waals surface area contributed by atoms with Crippen LogP contribution < -0.4 is 9.64 Å². The molecule has 2 heterocycles. The number of aliphatic imine (C=N–C) groups is 1. The molecule has 0 unspecified atom stereocenters. The lowest BCUT2D eigenvalue weighted by atomic mass is 10.1. The molecule has 164 valence electrons. The van der Waals surface area contributed by atoms with E-state index in [9.17, 15) is 23.3 Å². The summed E-state index contributed by atoms with van der Waals surface area (Å²) in [7, 11) is 0. The fourth-order valence-corrected chi connectivity index (χ4v) is 3.90. The molecule has 2 aliphatic rings. The smallest absolute Gasteiger partial charge is 0.387 e. The van der Waals surface area contributed by atoms with Gasteiger partial charge >= 0.3 is 12.3 Å². The van der Waals surface area contributed by atoms with Crippen LogP contribution in [-0.4, -0.2) is 28.5 Å². The van der Waals surface area contributed by atoms with Gasteiger partial charge in [0.15, 0.2) is 5.75 Å². The Morgan fingerprint density at radius 3 is 2.66 bits per heavy atom. The molecule has 0 amide bonds. The molecule has 32 heavy (non-hydrogen) atoms. The van der Waals surface area contributed by atoms with Crippen molar-refractivity contribution in [2.75, 3.05) is 11.6 Å². The van der Waals surface area contributed by atoms with Crippen molar-refractivity contribution in [1.29, 1.82) is 0 Å². The fourth-order valence-electron chi connectivity index (χ4n) is 3.90. The zero-order chi connectivity index (χ0) is 22.4. The monoisotopic (exact) mass is 442 g/mol. The lowest BCUT2D eigenvalue weighted by molar-refractivity contribution is -0.387. The maximum absolute atomic E-state index is 14.0. The van der Waals surface area contributed by atoms with Crippen LogP contribution in [0.25, 0.3) is 10.9 Å². The molecule has 3 aromatic rings. The first-order valence-electron chi connectivity index (χ1n) is 9.94. The summed E-state index contributed by atoms with van der Waals surface area (Å²) in [6.07, 6.45) is 7.59. The van der Waals surface area contributed by atoms with E-state index in [-0.39, 0.29) is 12.4 Å². The summed E-state index contributed by atoms with van der Waals surface area (Å²) >= 11 is 0. The van der Waals surface area contributed by atoms with E-state index in [1.165, 1.54) is 4.90 Å². The van der Waals surface area contributed by atoms with E-state index in [1.807, 2.05) is 18.2 Å². The summed E-state index contributed by atoms with van der Waals surface area (Å²) in [5, 5.41) is 12.2. The van der Waals surface area contributed by atoms with Gasteiger partial charge in [0.05, 0.1) is 16.3 Å². The minimum atomic E-state index is -3.21. The maximum Gasteiger partial charge on any atom is 0.387 e. The number of alkyl halides is 2. The van der Waals surface area contributed by atoms with Crippen LogP contribution in [0.2, 0.25) is 0 Å². The zero-order valence-electron chi connectivity index (χ0n) is 16.6. The molecule has 0 N–H and O–H groups in total. The second kappa shape index (κ2) is 7.70. The Labute approximate surface area is 180 Å². The third kappa shape index (κ3) is 3.57. The first-order valence-corrected chi connectivity index (χ1v) is 9.94. The highest BCUT2D eigenvalue weighted by Crippen LogP contribution is 2.40. The molecule has 0 radical (unpaired) electrons. The Balaban J connectivity index is 1.49. The third-order valence-electron chi connectivity index (χ3n) is 5.51. The number of anilines is 1. The summed E-state index contributed by atoms with van der Waals surface area (Å²) < 4.78 is 46.2. The number of rotatable bonds is 6. The molecule has 10 heteroatoms. The second-order valence-corrected chi connectivity index (χ2v) is 7.58. The minimum Gasteiger partial charge on any atom is -0.432 e. The van der Waals surface area contributed by atoms with Crippen molar-refractivity contribution in [1.82, 2.24) is 4.57 Å². The molecule has 2 aromatic carbocycles. The van der Waals surface area contributed by atoms with Crippen LogP contribution in [0.15, 0.2) is 59.9 Å². The summed E-state index contributed by atoms with van der Waals surface area (Å²) in [5.41, 5.74) is 1.85. The number of nitro benzene ring substituents is 1. The molecule has 1 aromatic heterocycles. The Kier molecular flexibility index (Phi) is 4.84. The van der Waals surface area contributed by atoms with Gasteiger partial charge in [-0.15, -0.1) is 0 Å². The van der Waals surface area contributed by atoms with Crippen LogP contribution in [0.4, 0.5) is 24.5 Å². The SMILES string of the molecule is O=[N+]([O-])c1cc(N2C=CC(c3cn(C4CC4)c4ccccc34)=NC2)c(OC(F)F)cc1F. The van der Waals surface area contributed by atoms with Crippen LogP contribution in [-0.2, 0) is 0 Å². The van der Waals surface area contributed by atoms with Crippen LogP contribution in [0.5, 0.6) is 5.75 Å². The summed E-state index contributed by atoms with van der Waals surface area (Å²) in [4.78, 5) is 16.2. The molecule has 1 saturated carbocycles. The van der Waals surface area contributed by atoms with Crippen molar-refractivity contribution in [3.05, 3.63) is 76.4 Å². The molecule has 0 atom stereocenters. The van der Waals surface area contributed by atoms with Gasteiger partial charge in [0, 0.05) is 47.0 Å². The van der Waals surface area contributed by atoms with Gasteiger partial charge in [-0.3, -0.25) is 15.1 Å². The highest BCUT2D eigenvalue weighted by atomic mass is 19.3. The molecule has 0 bridgehead atoms. The van der Waals surface area contributed by atoms with Crippen molar-refractivity contribution >= 4 is 28.0 Å². The van der Waals surface area contributed by atoms with Gasteiger partial charge < -0.3 is 14.2 Å². The van der Waals surface area contributed by atoms with E-state index in [4.69, 9.17) is 0 Å². The van der Waals surface area contributed by atoms with Gasteiger partial charge in [-0.1, -0.05) is 18.2 Å². The first kappa shape index (κ1) is 20.1. The molecular weight excluding hydrogens is 425 g/mol. The quantitative estimate of drug-likeness (QED) is 0.378. The number of aromatic nitrogens is 1. The van der Waals surface area contributed by atoms with Gasteiger partial charge in [0.25, 0.3) is 0 Å². The summed E-state index contributed by atoms with van der Waals surface area (Å²) in [6.45, 7) is -3.21. The van der Waals surface area contributed by atoms with E-state index >= 15 is 0 Å². The zero-order valence-corrected chi connectivity index (χ0v) is 16.6. The van der Waals surface area contributed by atoms with Gasteiger partial charge in [-0.25, -0.2) is 0 Å². The van der Waals surface area contributed by atoms with Gasteiger partial charge in [0.1, 0.15) is 6.67 Å². The van der Waals surface area contributed by atoms with E-state index < -0.39 is 28.8 Å². The molecule has 0 saturated heterocycles. The minimum absolute atomic E-state index is 0.00282. The predicted octanol–water partition coefficient (Wildman–Crippen LogP) is 5.41. The average molecular weight is 442 g/mol. The molecule has 5 rings (SSSR count). The third-order valence-corrected chi connectivity index (χ3v) is 5.51. The molecular formula is C22H17F3N4O3. The van der Waals surface area contributed by atoms with E-state index in [2.05, 4.69) is 26.6 Å². The van der Waals surface area contributed by atoms with Crippen LogP contribution in [0, 0.1) is 15.9 Å². The fraction of sp³-hybridized carbons (Fsp3) is 0.227. The van der Waals surface area contributed by atoms with Gasteiger partial charge in [0.2, 0.25) is 5.82 Å². The van der Waals surface area contributed by atoms with Crippen molar-refractivity contribution in [3.8, 4) is 5.75 Å². The molecule has 1 aliphatic carbocycles. The Morgan fingerprint density at radius 2 is 2.00 bits per heavy atom. The predicted molar refractivity (Wildman–Crippen MR) is 113 cm³/mol. The van der Waals surface area contributed by atoms with E-state index in [1.54, 1.807) is 12.3 Å². The number of hydrogen-bond acceptors (Lipinski definition) is 5. The topological polar surface area (TPSA) is 72.9 Å². The molecule has 1 aliphatic heterocycles. The van der Waals surface area contributed by atoms with Gasteiger partial charge in [-0.05, 0) is 25.0 Å². The van der Waals surface area contributed by atoms with Crippen molar-refractivity contribution in [2.24, 2.45) is 4.99 Å². The largest absolute Gasteiger partial charge is 0.432 e. The number of halogens is 3. The lowest BCUT2D eigenvalue weighted by Crippen LogP contribution is -2.23. The number of ether oxygens (including phenoxy) is 1. The summed E-state index contributed by atoms with van der Waals surface area (Å²) in [5.74, 6) is -1.76. The number of nitro groups is 1. The van der Waals surface area contributed by atoms with Gasteiger partial charge in [-0.2, -0.15) is 13.2 Å². The van der Waals surface area contributed by atoms with Crippen LogP contribution >= 0.6 is 0 Å². The Hall–Kier alpha value is -3.82. The standard InChI is InChI=1S/C22H17F3N4O3/c23-16-9-21(32-22(24)25)20(10-19(16)29(30)31)27-8-7-17(26-12-27)15-11-28(13-5-6-13)18-4-2-1-3-14(15)18/h1-4,7-11,13,22H,5-6,12H2. The van der Waals surface area contributed by atoms with Crippen molar-refractivity contribution in [3.63, 3.8) is 0 Å². The highest BCUT2D eigenvalue weighted by Gasteiger charge is 2.27. The molecule has 1 fully saturated rings. The van der Waals surface area contributed by atoms with Crippen molar-refractivity contribution in [2.45, 2.75) is 25.5 Å². The number of fused-ring (bicyclic) bond motifs is 1. The number of para-hydroxylation sites is 1. The Morgan fingerprint density at radius 1 is 1.22 bits per heavy atom. The maximum atomic E-state index is 14.0. The van der Waals surface area contributed by atoms with E-state index in [0.29, 0.717) is 17.8 Å². The Bertz CT molecular complexity index is 1280. The number of benzene rings is 2. The second-order valence-electron chi connectivity index (χ2n) is 7.58. The van der Waals surface area contributed by atoms with E-state index in [0.717, 1.165) is 35.4 Å². The normalized spacial score (nSPS) is 16.0.